The van der Waals surface area contributed by atoms with E-state index in [1.807, 2.05) is 0 Å². The molecule has 0 fully saturated rings. The largest absolute Gasteiger partial charge is 0.0654 e. The first-order chi connectivity index (χ1) is 11.6. The van der Waals surface area contributed by atoms with Crippen molar-refractivity contribution < 1.29 is 0 Å². The van der Waals surface area contributed by atoms with E-state index in [4.69, 9.17) is 0 Å². The van der Waals surface area contributed by atoms with Gasteiger partial charge in [-0.05, 0) is 40.5 Å². The van der Waals surface area contributed by atoms with Crippen LogP contribution in [-0.4, -0.2) is 0 Å². The molecule has 0 aliphatic rings. The lowest BCUT2D eigenvalue weighted by atomic mass is 9.78. The molecule has 0 aromatic heterocycles. The van der Waals surface area contributed by atoms with Crippen LogP contribution in [0.15, 0.2) is 48.5 Å². The van der Waals surface area contributed by atoms with Gasteiger partial charge in [0, 0.05) is 5.92 Å². The van der Waals surface area contributed by atoms with Gasteiger partial charge in [0.25, 0.3) is 0 Å². The number of unbranched alkanes of at least 4 members (excludes halogenated alkanes) is 2. The highest BCUT2D eigenvalue weighted by Crippen LogP contribution is 2.38. The van der Waals surface area contributed by atoms with E-state index in [2.05, 4.69) is 83.1 Å². The molecule has 0 heterocycles. The van der Waals surface area contributed by atoms with Gasteiger partial charge in [0.2, 0.25) is 0 Å². The average molecular weight is 323 g/mol. The van der Waals surface area contributed by atoms with Crippen molar-refractivity contribution in [3.05, 3.63) is 70.8 Å². The van der Waals surface area contributed by atoms with Crippen LogP contribution in [0.5, 0.6) is 0 Å². The molecule has 0 saturated carbocycles. The first-order valence-corrected chi connectivity index (χ1v) is 9.73. The van der Waals surface area contributed by atoms with Gasteiger partial charge in [-0.25, -0.2) is 0 Å². The second kappa shape index (κ2) is 9.06. The van der Waals surface area contributed by atoms with Gasteiger partial charge in [-0.2, -0.15) is 0 Å². The van der Waals surface area contributed by atoms with Crippen LogP contribution >= 0.6 is 0 Å². The molecule has 0 amide bonds. The minimum atomic E-state index is 0.522. The Balaban J connectivity index is 2.50. The SMILES string of the molecule is CCCCCC(c1ccccc1C(C)C)c1ccccc1C(C)C. The monoisotopic (exact) mass is 322 g/mol. The summed E-state index contributed by atoms with van der Waals surface area (Å²) in [6.45, 7) is 11.6. The van der Waals surface area contributed by atoms with Gasteiger partial charge < -0.3 is 0 Å². The summed E-state index contributed by atoms with van der Waals surface area (Å²) in [6, 6.07) is 18.2. The van der Waals surface area contributed by atoms with Gasteiger partial charge in [-0.1, -0.05) is 102 Å². The summed E-state index contributed by atoms with van der Waals surface area (Å²) in [7, 11) is 0. The third-order valence-corrected chi connectivity index (χ3v) is 5.08. The lowest BCUT2D eigenvalue weighted by Gasteiger charge is -2.26. The van der Waals surface area contributed by atoms with Crippen molar-refractivity contribution in [1.82, 2.24) is 0 Å². The molecule has 0 aliphatic carbocycles. The Morgan fingerprint density at radius 1 is 0.625 bits per heavy atom. The maximum Gasteiger partial charge on any atom is 0.00950 e. The molecule has 2 aromatic rings. The molecule has 0 N–H and O–H groups in total. The quantitative estimate of drug-likeness (QED) is 0.438. The predicted octanol–water partition coefficient (Wildman–Crippen LogP) is 7.65. The Morgan fingerprint density at radius 2 is 1.04 bits per heavy atom. The van der Waals surface area contributed by atoms with Gasteiger partial charge in [-0.3, -0.25) is 0 Å². The molecule has 0 heteroatoms. The number of hydrogen-bond donors (Lipinski definition) is 0. The van der Waals surface area contributed by atoms with E-state index in [9.17, 15) is 0 Å². The molecule has 2 aromatic carbocycles. The number of rotatable bonds is 8. The van der Waals surface area contributed by atoms with Crippen LogP contribution in [0.1, 0.15) is 100 Å². The van der Waals surface area contributed by atoms with E-state index in [-0.39, 0.29) is 0 Å². The fourth-order valence-electron chi connectivity index (χ4n) is 3.79. The summed E-state index contributed by atoms with van der Waals surface area (Å²) in [6.07, 6.45) is 5.16. The highest BCUT2D eigenvalue weighted by molar-refractivity contribution is 5.43. The van der Waals surface area contributed by atoms with Crippen molar-refractivity contribution in [2.45, 2.75) is 78.1 Å². The molecule has 0 saturated heterocycles. The fourth-order valence-corrected chi connectivity index (χ4v) is 3.79. The topological polar surface area (TPSA) is 0 Å². The van der Waals surface area contributed by atoms with E-state index < -0.39 is 0 Å². The van der Waals surface area contributed by atoms with Crippen LogP contribution in [0, 0.1) is 0 Å². The summed E-state index contributed by atoms with van der Waals surface area (Å²) in [4.78, 5) is 0. The van der Waals surface area contributed by atoms with Crippen molar-refractivity contribution in [2.75, 3.05) is 0 Å². The standard InChI is InChI=1S/C24H34/c1-6-7-8-15-24(22-16-11-9-13-20(22)18(2)3)23-17-12-10-14-21(23)19(4)5/h9-14,16-19,24H,6-8,15H2,1-5H3. The average Bonchev–Trinajstić information content (AvgIpc) is 2.59. The molecule has 0 unspecified atom stereocenters. The van der Waals surface area contributed by atoms with Crippen molar-refractivity contribution in [1.29, 1.82) is 0 Å². The first kappa shape index (κ1) is 18.8. The maximum atomic E-state index is 2.36. The molecule has 0 atom stereocenters. The highest BCUT2D eigenvalue weighted by atomic mass is 14.3. The van der Waals surface area contributed by atoms with Crippen molar-refractivity contribution >= 4 is 0 Å². The summed E-state index contributed by atoms with van der Waals surface area (Å²) < 4.78 is 0. The summed E-state index contributed by atoms with van der Waals surface area (Å²) in [5, 5.41) is 0. The van der Waals surface area contributed by atoms with E-state index in [1.165, 1.54) is 47.9 Å². The van der Waals surface area contributed by atoms with Crippen LogP contribution in [0.25, 0.3) is 0 Å². The molecule has 0 nitrogen and oxygen atoms in total. The molecule has 0 spiro atoms. The third-order valence-electron chi connectivity index (χ3n) is 5.08. The summed E-state index contributed by atoms with van der Waals surface area (Å²) in [5.74, 6) is 1.66. The summed E-state index contributed by atoms with van der Waals surface area (Å²) in [5.41, 5.74) is 6.10. The van der Waals surface area contributed by atoms with E-state index in [1.54, 1.807) is 0 Å². The number of benzene rings is 2. The second-order valence-corrected chi connectivity index (χ2v) is 7.62. The molecule has 0 radical (unpaired) electrons. The minimum absolute atomic E-state index is 0.522. The minimum Gasteiger partial charge on any atom is -0.0654 e. The third kappa shape index (κ3) is 4.50. The molecular formula is C24H34. The number of hydrogen-bond acceptors (Lipinski definition) is 0. The summed E-state index contributed by atoms with van der Waals surface area (Å²) >= 11 is 0. The van der Waals surface area contributed by atoms with Crippen LogP contribution < -0.4 is 0 Å². The van der Waals surface area contributed by atoms with Gasteiger partial charge in [0.05, 0.1) is 0 Å². The zero-order valence-electron chi connectivity index (χ0n) is 16.2. The van der Waals surface area contributed by atoms with Gasteiger partial charge >= 0.3 is 0 Å². The van der Waals surface area contributed by atoms with Crippen molar-refractivity contribution in [2.24, 2.45) is 0 Å². The van der Waals surface area contributed by atoms with E-state index in [0.717, 1.165) is 0 Å². The zero-order valence-corrected chi connectivity index (χ0v) is 16.2. The van der Waals surface area contributed by atoms with E-state index >= 15 is 0 Å². The first-order valence-electron chi connectivity index (χ1n) is 9.73. The Bertz CT molecular complexity index is 570. The Morgan fingerprint density at radius 3 is 1.42 bits per heavy atom. The van der Waals surface area contributed by atoms with Crippen LogP contribution in [-0.2, 0) is 0 Å². The molecule has 2 rings (SSSR count). The maximum absolute atomic E-state index is 2.36. The Labute approximate surface area is 149 Å². The normalized spacial score (nSPS) is 11.7. The lowest BCUT2D eigenvalue weighted by molar-refractivity contribution is 0.606. The molecule has 0 aliphatic heterocycles. The van der Waals surface area contributed by atoms with Crippen molar-refractivity contribution in [3.63, 3.8) is 0 Å². The van der Waals surface area contributed by atoms with Crippen molar-refractivity contribution in [3.8, 4) is 0 Å². The smallest absolute Gasteiger partial charge is 0.00950 e. The molecule has 0 bridgehead atoms. The molecular weight excluding hydrogens is 288 g/mol. The Kier molecular flexibility index (Phi) is 7.09. The van der Waals surface area contributed by atoms with Gasteiger partial charge in [0.15, 0.2) is 0 Å². The van der Waals surface area contributed by atoms with E-state index in [0.29, 0.717) is 17.8 Å². The molecule has 130 valence electrons. The highest BCUT2D eigenvalue weighted by Gasteiger charge is 2.21. The second-order valence-electron chi connectivity index (χ2n) is 7.62. The molecule has 24 heavy (non-hydrogen) atoms. The van der Waals surface area contributed by atoms with Gasteiger partial charge in [0.1, 0.15) is 0 Å². The van der Waals surface area contributed by atoms with Crippen LogP contribution in [0.4, 0.5) is 0 Å². The fraction of sp³-hybridized carbons (Fsp3) is 0.500. The van der Waals surface area contributed by atoms with Crippen LogP contribution in [0.3, 0.4) is 0 Å². The predicted molar refractivity (Wildman–Crippen MR) is 107 cm³/mol. The van der Waals surface area contributed by atoms with Crippen LogP contribution in [0.2, 0.25) is 0 Å². The zero-order chi connectivity index (χ0) is 17.5. The lowest BCUT2D eigenvalue weighted by Crippen LogP contribution is -2.09. The van der Waals surface area contributed by atoms with Gasteiger partial charge in [-0.15, -0.1) is 0 Å². The Hall–Kier alpha value is -1.56.